The summed E-state index contributed by atoms with van der Waals surface area (Å²) < 4.78 is 11.4. The van der Waals surface area contributed by atoms with Crippen molar-refractivity contribution >= 4 is 0 Å². The van der Waals surface area contributed by atoms with Gasteiger partial charge in [-0.15, -0.1) is 6.58 Å². The molecule has 16 heavy (non-hydrogen) atoms. The minimum absolute atomic E-state index is 0.0439. The first kappa shape index (κ1) is 10.5. The normalized spacial score (nSPS) is 57.9. The van der Waals surface area contributed by atoms with E-state index in [-0.39, 0.29) is 11.8 Å². The minimum atomic E-state index is -1.10. The Morgan fingerprint density at radius 1 is 1.50 bits per heavy atom. The predicted octanol–water partition coefficient (Wildman–Crippen LogP) is 1.34. The van der Waals surface area contributed by atoms with E-state index in [0.717, 1.165) is 0 Å². The summed E-state index contributed by atoms with van der Waals surface area (Å²) in [5.41, 5.74) is -1.10. The average Bonchev–Trinajstić information content (AvgIpc) is 2.67. The Morgan fingerprint density at radius 2 is 2.19 bits per heavy atom. The monoisotopic (exact) mass is 222 g/mol. The van der Waals surface area contributed by atoms with Crippen molar-refractivity contribution in [3.05, 3.63) is 24.8 Å². The summed E-state index contributed by atoms with van der Waals surface area (Å²) in [6.07, 6.45) is 5.83. The van der Waals surface area contributed by atoms with E-state index in [1.807, 2.05) is 0 Å². The lowest BCUT2D eigenvalue weighted by Gasteiger charge is -2.56. The molecule has 3 heteroatoms. The Balaban J connectivity index is 2.20. The molecule has 0 spiro atoms. The second kappa shape index (κ2) is 2.97. The lowest BCUT2D eigenvalue weighted by molar-refractivity contribution is -0.311. The average molecular weight is 222 g/mol. The van der Waals surface area contributed by atoms with E-state index in [2.05, 4.69) is 25.7 Å². The third kappa shape index (κ3) is 0.838. The van der Waals surface area contributed by atoms with Crippen LogP contribution in [-0.4, -0.2) is 30.2 Å². The zero-order chi connectivity index (χ0) is 11.6. The van der Waals surface area contributed by atoms with Crippen LogP contribution in [0, 0.1) is 23.7 Å². The summed E-state index contributed by atoms with van der Waals surface area (Å²) in [4.78, 5) is 0. The van der Waals surface area contributed by atoms with Crippen molar-refractivity contribution in [3.8, 4) is 0 Å². The fourth-order valence-corrected chi connectivity index (χ4v) is 3.93. The maximum absolute atomic E-state index is 10.9. The second-order valence-corrected chi connectivity index (χ2v) is 5.17. The van der Waals surface area contributed by atoms with E-state index in [1.54, 1.807) is 13.2 Å². The Labute approximate surface area is 95.7 Å². The lowest BCUT2D eigenvalue weighted by Crippen LogP contribution is -2.67. The van der Waals surface area contributed by atoms with Crippen LogP contribution in [0.5, 0.6) is 0 Å². The first-order valence-corrected chi connectivity index (χ1v) is 5.84. The molecule has 6 atom stereocenters. The van der Waals surface area contributed by atoms with E-state index in [0.29, 0.717) is 18.4 Å². The van der Waals surface area contributed by atoms with Gasteiger partial charge in [-0.1, -0.05) is 25.2 Å². The van der Waals surface area contributed by atoms with Gasteiger partial charge in [0.05, 0.1) is 6.61 Å². The topological polar surface area (TPSA) is 38.7 Å². The molecule has 4 aliphatic rings. The van der Waals surface area contributed by atoms with Crippen LogP contribution in [0.25, 0.3) is 0 Å². The second-order valence-electron chi connectivity index (χ2n) is 5.17. The molecule has 0 aromatic carbocycles. The van der Waals surface area contributed by atoms with E-state index in [9.17, 15) is 5.11 Å². The first-order valence-electron chi connectivity index (χ1n) is 5.84. The Morgan fingerprint density at radius 3 is 2.81 bits per heavy atom. The molecule has 2 fully saturated rings. The molecular weight excluding hydrogens is 204 g/mol. The molecule has 3 aliphatic carbocycles. The fourth-order valence-electron chi connectivity index (χ4n) is 3.93. The number of aliphatic hydroxyl groups is 1. The van der Waals surface area contributed by atoms with Crippen molar-refractivity contribution in [1.82, 2.24) is 0 Å². The maximum atomic E-state index is 10.9. The molecule has 0 amide bonds. The van der Waals surface area contributed by atoms with Crippen molar-refractivity contribution in [1.29, 1.82) is 0 Å². The SMILES string of the molecule is C=C[C@@]1(O)[C@@H]2C=C[C@H]3[C@H](CO[C@]31OC)[C@H]2C. The van der Waals surface area contributed by atoms with Crippen molar-refractivity contribution in [3.63, 3.8) is 0 Å². The molecular formula is C13H18O3. The molecule has 0 aromatic heterocycles. The van der Waals surface area contributed by atoms with Gasteiger partial charge < -0.3 is 14.6 Å². The largest absolute Gasteiger partial charge is 0.379 e. The Hall–Kier alpha value is -0.640. The van der Waals surface area contributed by atoms with Crippen LogP contribution in [-0.2, 0) is 9.47 Å². The molecule has 1 saturated heterocycles. The van der Waals surface area contributed by atoms with Crippen LogP contribution in [0.3, 0.4) is 0 Å². The molecule has 4 bridgehead atoms. The van der Waals surface area contributed by atoms with E-state index in [4.69, 9.17) is 9.47 Å². The molecule has 3 nitrogen and oxygen atoms in total. The highest BCUT2D eigenvalue weighted by molar-refractivity contribution is 5.31. The summed E-state index contributed by atoms with van der Waals surface area (Å²) in [6.45, 7) is 6.61. The first-order chi connectivity index (χ1) is 7.60. The smallest absolute Gasteiger partial charge is 0.208 e. The van der Waals surface area contributed by atoms with Gasteiger partial charge in [0.1, 0.15) is 5.60 Å². The quantitative estimate of drug-likeness (QED) is 0.717. The summed E-state index contributed by atoms with van der Waals surface area (Å²) in [7, 11) is 1.61. The number of rotatable bonds is 2. The third-order valence-corrected chi connectivity index (χ3v) is 4.84. The highest BCUT2D eigenvalue weighted by Gasteiger charge is 2.71. The molecule has 88 valence electrons. The van der Waals surface area contributed by atoms with Crippen molar-refractivity contribution in [2.45, 2.75) is 18.3 Å². The molecule has 1 aliphatic heterocycles. The van der Waals surface area contributed by atoms with Gasteiger partial charge in [0.25, 0.3) is 0 Å². The lowest BCUT2D eigenvalue weighted by atomic mass is 9.55. The summed E-state index contributed by atoms with van der Waals surface area (Å²) in [5.74, 6) is 0.132. The van der Waals surface area contributed by atoms with Gasteiger partial charge in [-0.2, -0.15) is 0 Å². The van der Waals surface area contributed by atoms with E-state index < -0.39 is 11.4 Å². The zero-order valence-corrected chi connectivity index (χ0v) is 9.72. The van der Waals surface area contributed by atoms with Crippen molar-refractivity contribution in [2.75, 3.05) is 13.7 Å². The summed E-state index contributed by atoms with van der Waals surface area (Å²) >= 11 is 0. The van der Waals surface area contributed by atoms with E-state index >= 15 is 0 Å². The van der Waals surface area contributed by atoms with Gasteiger partial charge in [0.2, 0.25) is 5.79 Å². The van der Waals surface area contributed by atoms with Crippen LogP contribution in [0.4, 0.5) is 0 Å². The van der Waals surface area contributed by atoms with Crippen LogP contribution in [0.15, 0.2) is 24.8 Å². The van der Waals surface area contributed by atoms with Crippen LogP contribution in [0.2, 0.25) is 0 Å². The highest BCUT2D eigenvalue weighted by atomic mass is 16.7. The summed E-state index contributed by atoms with van der Waals surface area (Å²) in [5, 5.41) is 10.9. The summed E-state index contributed by atoms with van der Waals surface area (Å²) in [6, 6.07) is 0. The Bertz CT molecular complexity index is 364. The van der Waals surface area contributed by atoms with Gasteiger partial charge in [0.15, 0.2) is 0 Å². The molecule has 0 aromatic rings. The van der Waals surface area contributed by atoms with Crippen LogP contribution >= 0.6 is 0 Å². The van der Waals surface area contributed by atoms with Gasteiger partial charge >= 0.3 is 0 Å². The standard InChI is InChI=1S/C13H18O3/c1-4-12(14)10-5-6-11-9(8(10)2)7-16-13(11,12)15-3/h4-6,8-11,14H,1,7H2,2-3H3/t8-,9-,10-,11+,12-,13-/m1/s1. The number of hydrogen-bond donors (Lipinski definition) is 1. The molecule has 0 unspecified atom stereocenters. The minimum Gasteiger partial charge on any atom is -0.379 e. The number of hydrogen-bond acceptors (Lipinski definition) is 3. The molecule has 1 heterocycles. The molecule has 1 saturated carbocycles. The maximum Gasteiger partial charge on any atom is 0.208 e. The van der Waals surface area contributed by atoms with Gasteiger partial charge in [-0.3, -0.25) is 0 Å². The van der Waals surface area contributed by atoms with Gasteiger partial charge in [-0.05, 0) is 11.8 Å². The van der Waals surface area contributed by atoms with Crippen LogP contribution < -0.4 is 0 Å². The Kier molecular flexibility index (Phi) is 1.95. The van der Waals surface area contributed by atoms with Crippen molar-refractivity contribution < 1.29 is 14.6 Å². The van der Waals surface area contributed by atoms with Gasteiger partial charge in [0, 0.05) is 18.9 Å². The van der Waals surface area contributed by atoms with Crippen LogP contribution in [0.1, 0.15) is 6.92 Å². The van der Waals surface area contributed by atoms with E-state index in [1.165, 1.54) is 0 Å². The van der Waals surface area contributed by atoms with Crippen molar-refractivity contribution in [2.24, 2.45) is 23.7 Å². The third-order valence-electron chi connectivity index (χ3n) is 4.84. The number of ether oxygens (including phenoxy) is 2. The predicted molar refractivity (Wildman–Crippen MR) is 59.6 cm³/mol. The fraction of sp³-hybridized carbons (Fsp3) is 0.692. The highest BCUT2D eigenvalue weighted by Crippen LogP contribution is 2.61. The molecule has 1 N–H and O–H groups in total. The molecule has 4 rings (SSSR count). The molecule has 0 radical (unpaired) electrons. The van der Waals surface area contributed by atoms with Gasteiger partial charge in [-0.25, -0.2) is 0 Å². The zero-order valence-electron chi connectivity index (χ0n) is 9.72. The number of methoxy groups -OCH3 is 1.